The molecule has 0 aliphatic heterocycles. The number of amides is 2. The Labute approximate surface area is 214 Å². The molecule has 0 aliphatic rings. The highest BCUT2D eigenvalue weighted by Crippen LogP contribution is 2.34. The van der Waals surface area contributed by atoms with E-state index in [1.165, 1.54) is 30.0 Å². The van der Waals surface area contributed by atoms with E-state index in [1.54, 1.807) is 16.7 Å². The number of anilines is 1. The number of alkyl halides is 3. The van der Waals surface area contributed by atoms with Crippen molar-refractivity contribution in [3.05, 3.63) is 100 Å². The summed E-state index contributed by atoms with van der Waals surface area (Å²) in [5.74, 6) is 1.04. The molecule has 0 saturated carbocycles. The first-order valence-corrected chi connectivity index (χ1v) is 12.2. The third kappa shape index (κ3) is 6.19. The van der Waals surface area contributed by atoms with Crippen LogP contribution in [-0.4, -0.2) is 20.8 Å². The standard InChI is InChI=1S/C25H21ClF3N5OS/c1-16-11-12-18(26)13-21(16)34-22(32-33-24(34)36-15-17-7-3-2-4-8-17)14-30-23(35)31-20-10-6-5-9-19(20)25(27,28)29/h2-13H,14-15H2,1H3,(H2,30,31,35). The number of nitrogens with one attached hydrogen (secondary N) is 2. The fraction of sp³-hybridized carbons (Fsp3) is 0.160. The number of para-hydroxylation sites is 1. The molecule has 0 saturated heterocycles. The Hall–Kier alpha value is -3.50. The van der Waals surface area contributed by atoms with Crippen molar-refractivity contribution in [2.24, 2.45) is 0 Å². The molecule has 0 bridgehead atoms. The average molecular weight is 532 g/mol. The molecule has 0 atom stereocenters. The third-order valence-electron chi connectivity index (χ3n) is 5.21. The molecule has 36 heavy (non-hydrogen) atoms. The van der Waals surface area contributed by atoms with Crippen molar-refractivity contribution in [3.63, 3.8) is 0 Å². The second kappa shape index (κ2) is 11.0. The van der Waals surface area contributed by atoms with Crippen LogP contribution in [0.3, 0.4) is 0 Å². The zero-order valence-electron chi connectivity index (χ0n) is 19.0. The molecule has 0 radical (unpaired) electrons. The molecule has 1 heterocycles. The van der Waals surface area contributed by atoms with Crippen LogP contribution in [0.4, 0.5) is 23.7 Å². The Kier molecular flexibility index (Phi) is 7.85. The normalized spacial score (nSPS) is 11.4. The summed E-state index contributed by atoms with van der Waals surface area (Å²) >= 11 is 7.71. The van der Waals surface area contributed by atoms with E-state index in [1.807, 2.05) is 43.3 Å². The molecule has 3 aromatic carbocycles. The number of nitrogens with zero attached hydrogens (tertiary/aromatic N) is 3. The van der Waals surface area contributed by atoms with Gasteiger partial charge in [0.05, 0.1) is 23.5 Å². The number of thioether (sulfide) groups is 1. The molecule has 11 heteroatoms. The Balaban J connectivity index is 1.56. The number of hydrogen-bond acceptors (Lipinski definition) is 4. The number of carbonyl (C=O) groups excluding carboxylic acids is 1. The Morgan fingerprint density at radius 1 is 1.03 bits per heavy atom. The van der Waals surface area contributed by atoms with Crippen LogP contribution in [0.2, 0.25) is 5.02 Å². The number of hydrogen-bond donors (Lipinski definition) is 2. The summed E-state index contributed by atoms with van der Waals surface area (Å²) in [4.78, 5) is 12.5. The maximum absolute atomic E-state index is 13.3. The maximum Gasteiger partial charge on any atom is 0.418 e. The van der Waals surface area contributed by atoms with Crippen molar-refractivity contribution in [1.82, 2.24) is 20.1 Å². The molecule has 2 amide bonds. The smallest absolute Gasteiger partial charge is 0.331 e. The molecule has 6 nitrogen and oxygen atoms in total. The summed E-state index contributed by atoms with van der Waals surface area (Å²) in [6, 6.07) is 19.2. The lowest BCUT2D eigenvalue weighted by atomic mass is 10.1. The Morgan fingerprint density at radius 2 is 1.75 bits per heavy atom. The fourth-order valence-electron chi connectivity index (χ4n) is 3.46. The van der Waals surface area contributed by atoms with E-state index >= 15 is 0 Å². The van der Waals surface area contributed by atoms with Gasteiger partial charge in [-0.2, -0.15) is 13.2 Å². The van der Waals surface area contributed by atoms with E-state index in [9.17, 15) is 18.0 Å². The van der Waals surface area contributed by atoms with Gasteiger partial charge in [0, 0.05) is 10.8 Å². The van der Waals surface area contributed by atoms with E-state index in [-0.39, 0.29) is 12.2 Å². The van der Waals surface area contributed by atoms with Crippen LogP contribution in [0.1, 0.15) is 22.5 Å². The second-order valence-electron chi connectivity index (χ2n) is 7.79. The van der Waals surface area contributed by atoms with Gasteiger partial charge >= 0.3 is 12.2 Å². The predicted molar refractivity (Wildman–Crippen MR) is 134 cm³/mol. The van der Waals surface area contributed by atoms with Gasteiger partial charge in [-0.3, -0.25) is 4.57 Å². The highest BCUT2D eigenvalue weighted by atomic mass is 35.5. The van der Waals surface area contributed by atoms with Crippen molar-refractivity contribution in [1.29, 1.82) is 0 Å². The number of aromatic nitrogens is 3. The Morgan fingerprint density at radius 3 is 2.50 bits per heavy atom. The largest absolute Gasteiger partial charge is 0.418 e. The third-order valence-corrected chi connectivity index (χ3v) is 6.45. The van der Waals surface area contributed by atoms with E-state index in [2.05, 4.69) is 20.8 Å². The molecule has 0 aliphatic carbocycles. The van der Waals surface area contributed by atoms with Crippen molar-refractivity contribution >= 4 is 35.1 Å². The van der Waals surface area contributed by atoms with Gasteiger partial charge in [-0.1, -0.05) is 71.9 Å². The van der Waals surface area contributed by atoms with Crippen LogP contribution < -0.4 is 10.6 Å². The highest BCUT2D eigenvalue weighted by molar-refractivity contribution is 7.98. The number of rotatable bonds is 7. The average Bonchev–Trinajstić information content (AvgIpc) is 3.26. The summed E-state index contributed by atoms with van der Waals surface area (Å²) in [6.45, 7) is 1.83. The molecule has 1 aromatic heterocycles. The second-order valence-corrected chi connectivity index (χ2v) is 9.17. The zero-order valence-corrected chi connectivity index (χ0v) is 20.6. The Bertz CT molecular complexity index is 1360. The molecule has 0 spiro atoms. The minimum Gasteiger partial charge on any atom is -0.331 e. The lowest BCUT2D eigenvalue weighted by Gasteiger charge is -2.15. The van der Waals surface area contributed by atoms with Crippen LogP contribution in [0.25, 0.3) is 5.69 Å². The van der Waals surface area contributed by atoms with Gasteiger partial charge in [-0.15, -0.1) is 10.2 Å². The van der Waals surface area contributed by atoms with Crippen LogP contribution in [0, 0.1) is 6.92 Å². The predicted octanol–water partition coefficient (Wildman–Crippen LogP) is 6.86. The van der Waals surface area contributed by atoms with Crippen molar-refractivity contribution in [2.45, 2.75) is 30.6 Å². The van der Waals surface area contributed by atoms with E-state index in [0.29, 0.717) is 21.8 Å². The van der Waals surface area contributed by atoms with Gasteiger partial charge in [0.25, 0.3) is 0 Å². The summed E-state index contributed by atoms with van der Waals surface area (Å²) < 4.78 is 41.5. The van der Waals surface area contributed by atoms with Crippen LogP contribution in [0.5, 0.6) is 0 Å². The summed E-state index contributed by atoms with van der Waals surface area (Å²) in [5, 5.41) is 14.5. The van der Waals surface area contributed by atoms with E-state index in [0.717, 1.165) is 22.9 Å². The molecule has 4 rings (SSSR count). The maximum atomic E-state index is 13.3. The first-order valence-electron chi connectivity index (χ1n) is 10.8. The van der Waals surface area contributed by atoms with Gasteiger partial charge in [0.15, 0.2) is 11.0 Å². The number of urea groups is 1. The van der Waals surface area contributed by atoms with E-state index in [4.69, 9.17) is 11.6 Å². The van der Waals surface area contributed by atoms with Crippen molar-refractivity contribution in [3.8, 4) is 5.69 Å². The van der Waals surface area contributed by atoms with Gasteiger partial charge in [-0.05, 0) is 42.3 Å². The lowest BCUT2D eigenvalue weighted by molar-refractivity contribution is -0.136. The van der Waals surface area contributed by atoms with Gasteiger partial charge in [0.2, 0.25) is 0 Å². The lowest BCUT2D eigenvalue weighted by Crippen LogP contribution is -2.30. The van der Waals surface area contributed by atoms with Crippen LogP contribution >= 0.6 is 23.4 Å². The monoisotopic (exact) mass is 531 g/mol. The molecular formula is C25H21ClF3N5OS. The van der Waals surface area contributed by atoms with Gasteiger partial charge in [-0.25, -0.2) is 4.79 Å². The molecule has 0 unspecified atom stereocenters. The molecule has 2 N–H and O–H groups in total. The zero-order chi connectivity index (χ0) is 25.7. The van der Waals surface area contributed by atoms with Crippen LogP contribution in [-0.2, 0) is 18.5 Å². The summed E-state index contributed by atoms with van der Waals surface area (Å²) in [7, 11) is 0. The van der Waals surface area contributed by atoms with Crippen molar-refractivity contribution < 1.29 is 18.0 Å². The summed E-state index contributed by atoms with van der Waals surface area (Å²) in [6.07, 6.45) is -4.60. The molecular weight excluding hydrogens is 511 g/mol. The first kappa shape index (κ1) is 25.6. The summed E-state index contributed by atoms with van der Waals surface area (Å²) in [5.41, 5.74) is 1.47. The van der Waals surface area contributed by atoms with Crippen LogP contribution in [0.15, 0.2) is 78.0 Å². The molecule has 186 valence electrons. The molecule has 4 aromatic rings. The fourth-order valence-corrected chi connectivity index (χ4v) is 4.55. The number of benzene rings is 3. The van der Waals surface area contributed by atoms with E-state index < -0.39 is 17.8 Å². The first-order chi connectivity index (χ1) is 17.2. The number of halogens is 4. The number of aryl methyl sites for hydroxylation is 1. The van der Waals surface area contributed by atoms with Gasteiger partial charge in [0.1, 0.15) is 0 Å². The number of carbonyl (C=O) groups is 1. The minimum atomic E-state index is -4.60. The SMILES string of the molecule is Cc1ccc(Cl)cc1-n1c(CNC(=O)Nc2ccccc2C(F)(F)F)nnc1SCc1ccccc1. The minimum absolute atomic E-state index is 0.0785. The quantitative estimate of drug-likeness (QED) is 0.255. The highest BCUT2D eigenvalue weighted by Gasteiger charge is 2.33. The van der Waals surface area contributed by atoms with Crippen molar-refractivity contribution in [2.75, 3.05) is 5.32 Å². The van der Waals surface area contributed by atoms with Gasteiger partial charge < -0.3 is 10.6 Å². The topological polar surface area (TPSA) is 71.8 Å². The molecule has 0 fully saturated rings.